The first-order valence-electron chi connectivity index (χ1n) is 12.0. The topological polar surface area (TPSA) is 90.8 Å². The number of carbonyl (C=O) groups excluding carboxylic acids is 1. The molecule has 0 aliphatic carbocycles. The molecule has 0 saturated heterocycles. The summed E-state index contributed by atoms with van der Waals surface area (Å²) < 4.78 is 6.77. The molecule has 0 spiro atoms. The van der Waals surface area contributed by atoms with Gasteiger partial charge in [-0.15, -0.1) is 0 Å². The Morgan fingerprint density at radius 1 is 1.12 bits per heavy atom. The minimum Gasteiger partial charge on any atom is -0.508 e. The van der Waals surface area contributed by atoms with Crippen molar-refractivity contribution in [1.29, 1.82) is 0 Å². The van der Waals surface area contributed by atoms with Crippen molar-refractivity contribution in [1.82, 2.24) is 10.6 Å². The molecule has 2 rings (SSSR count). The number of rotatable bonds is 11. The van der Waals surface area contributed by atoms with Crippen molar-refractivity contribution < 1.29 is 19.4 Å². The van der Waals surface area contributed by atoms with Gasteiger partial charge in [0.2, 0.25) is 5.91 Å². The largest absolute Gasteiger partial charge is 0.508 e. The van der Waals surface area contributed by atoms with E-state index in [-0.39, 0.29) is 35.4 Å². The third kappa shape index (κ3) is 7.94. The Kier molecular flexibility index (Phi) is 9.88. The smallest absolute Gasteiger partial charge is 0.224 e. The van der Waals surface area contributed by atoms with Crippen molar-refractivity contribution in [2.75, 3.05) is 13.6 Å². The molecular formula is C27H42N2O4Si. The van der Waals surface area contributed by atoms with Crippen LogP contribution in [0.1, 0.15) is 56.1 Å². The van der Waals surface area contributed by atoms with Crippen LogP contribution in [0.2, 0.25) is 18.1 Å². The van der Waals surface area contributed by atoms with Gasteiger partial charge in [0.15, 0.2) is 8.32 Å². The summed E-state index contributed by atoms with van der Waals surface area (Å²) in [7, 11) is -0.417. The van der Waals surface area contributed by atoms with Gasteiger partial charge in [0.05, 0.1) is 19.1 Å². The molecule has 0 unspecified atom stereocenters. The van der Waals surface area contributed by atoms with Crippen LogP contribution in [0, 0.1) is 0 Å². The lowest BCUT2D eigenvalue weighted by atomic mass is 10.0. The van der Waals surface area contributed by atoms with Gasteiger partial charge in [-0.05, 0) is 60.3 Å². The number of nitrogens with one attached hydrogen (secondary N) is 2. The molecule has 6 nitrogen and oxygen atoms in total. The first-order chi connectivity index (χ1) is 15.9. The number of aliphatic hydroxyl groups excluding tert-OH is 1. The van der Waals surface area contributed by atoms with Crippen LogP contribution in [0.5, 0.6) is 5.75 Å². The van der Waals surface area contributed by atoms with E-state index in [9.17, 15) is 15.0 Å². The Hall–Kier alpha value is -2.19. The molecule has 7 heteroatoms. The molecule has 0 aromatic heterocycles. The Morgan fingerprint density at radius 3 is 2.41 bits per heavy atom. The third-order valence-corrected chi connectivity index (χ3v) is 11.2. The number of benzene rings is 2. The fourth-order valence-corrected chi connectivity index (χ4v) is 4.85. The molecule has 0 aliphatic rings. The number of carbonyl (C=O) groups is 1. The molecule has 2 aromatic carbocycles. The van der Waals surface area contributed by atoms with Gasteiger partial charge in [-0.3, -0.25) is 4.79 Å². The second kappa shape index (κ2) is 12.0. The first kappa shape index (κ1) is 28.0. The zero-order chi connectivity index (χ0) is 25.5. The molecule has 188 valence electrons. The Bertz CT molecular complexity index is 956. The van der Waals surface area contributed by atoms with Crippen molar-refractivity contribution in [2.24, 2.45) is 0 Å². The predicted octanol–water partition coefficient (Wildman–Crippen LogP) is 4.46. The summed E-state index contributed by atoms with van der Waals surface area (Å²) in [6.45, 7) is 13.6. The van der Waals surface area contributed by atoms with E-state index in [4.69, 9.17) is 4.43 Å². The Labute approximate surface area is 205 Å². The monoisotopic (exact) mass is 486 g/mol. The van der Waals surface area contributed by atoms with Crippen LogP contribution < -0.4 is 10.6 Å². The van der Waals surface area contributed by atoms with Crippen molar-refractivity contribution in [3.8, 4) is 5.75 Å². The number of aliphatic hydroxyl groups is 1. The summed E-state index contributed by atoms with van der Waals surface area (Å²) >= 11 is 0. The van der Waals surface area contributed by atoms with Gasteiger partial charge in [0.25, 0.3) is 0 Å². The molecule has 2 atom stereocenters. The van der Waals surface area contributed by atoms with Crippen molar-refractivity contribution >= 4 is 14.2 Å². The van der Waals surface area contributed by atoms with Crippen LogP contribution in [0.25, 0.3) is 0 Å². The molecule has 34 heavy (non-hydrogen) atoms. The number of amides is 1. The SMILES string of the molecule is CNC(=O)Cc1cccc(C[C@@H](C)NC[C@H](O[Si](C)(C)C(C)(C)C)c2ccc(O)c(CO)c2)c1. The number of phenols is 1. The van der Waals surface area contributed by atoms with E-state index in [1.54, 1.807) is 13.1 Å². The zero-order valence-corrected chi connectivity index (χ0v) is 22.7. The molecule has 0 heterocycles. The molecule has 1 amide bonds. The predicted molar refractivity (Wildman–Crippen MR) is 140 cm³/mol. The summed E-state index contributed by atoms with van der Waals surface area (Å²) in [4.78, 5) is 11.7. The van der Waals surface area contributed by atoms with Crippen LogP contribution in [0.15, 0.2) is 42.5 Å². The van der Waals surface area contributed by atoms with E-state index >= 15 is 0 Å². The van der Waals surface area contributed by atoms with E-state index in [2.05, 4.69) is 63.6 Å². The van der Waals surface area contributed by atoms with Gasteiger partial charge in [0.1, 0.15) is 5.75 Å². The molecule has 0 aliphatic heterocycles. The molecular weight excluding hydrogens is 444 g/mol. The first-order valence-corrected chi connectivity index (χ1v) is 14.9. The lowest BCUT2D eigenvalue weighted by Crippen LogP contribution is -2.44. The van der Waals surface area contributed by atoms with E-state index in [1.807, 2.05) is 24.3 Å². The van der Waals surface area contributed by atoms with Crippen LogP contribution in [-0.4, -0.2) is 44.1 Å². The molecule has 0 bridgehead atoms. The fourth-order valence-electron chi connectivity index (χ4n) is 3.57. The summed E-state index contributed by atoms with van der Waals surface area (Å²) in [5.74, 6) is 0.0976. The van der Waals surface area contributed by atoms with Crippen molar-refractivity contribution in [3.63, 3.8) is 0 Å². The highest BCUT2D eigenvalue weighted by atomic mass is 28.4. The van der Waals surface area contributed by atoms with E-state index in [0.29, 0.717) is 18.5 Å². The van der Waals surface area contributed by atoms with Crippen LogP contribution in [-0.2, 0) is 28.7 Å². The number of likely N-dealkylation sites (N-methyl/N-ethyl adjacent to an activating group) is 1. The normalized spacial score (nSPS) is 14.0. The van der Waals surface area contributed by atoms with Crippen LogP contribution in [0.4, 0.5) is 0 Å². The Balaban J connectivity index is 2.15. The van der Waals surface area contributed by atoms with Gasteiger partial charge in [-0.1, -0.05) is 51.1 Å². The standard InChI is InChI=1S/C27H42N2O4Si/c1-19(13-20-9-8-10-21(14-20)15-26(32)28-5)29-17-25(33-34(6,7)27(2,3)4)22-11-12-24(31)23(16-22)18-30/h8-12,14,16,19,25,29-31H,13,15,17-18H2,1-7H3,(H,28,32)/t19-,25+/m1/s1. The lowest BCUT2D eigenvalue weighted by Gasteiger charge is -2.40. The average molecular weight is 487 g/mol. The minimum atomic E-state index is -2.07. The lowest BCUT2D eigenvalue weighted by molar-refractivity contribution is -0.119. The highest BCUT2D eigenvalue weighted by Gasteiger charge is 2.39. The van der Waals surface area contributed by atoms with Gasteiger partial charge >= 0.3 is 0 Å². The van der Waals surface area contributed by atoms with Gasteiger partial charge in [0, 0.05) is 25.2 Å². The highest BCUT2D eigenvalue weighted by Crippen LogP contribution is 2.40. The maximum atomic E-state index is 11.7. The summed E-state index contributed by atoms with van der Waals surface area (Å²) in [6, 6.07) is 13.7. The summed E-state index contributed by atoms with van der Waals surface area (Å²) in [5, 5.41) is 26.0. The second-order valence-corrected chi connectivity index (χ2v) is 15.4. The fraction of sp³-hybridized carbons (Fsp3) is 0.519. The summed E-state index contributed by atoms with van der Waals surface area (Å²) in [6.07, 6.45) is 1.00. The number of hydrogen-bond acceptors (Lipinski definition) is 5. The summed E-state index contributed by atoms with van der Waals surface area (Å²) in [5.41, 5.74) is 3.63. The van der Waals surface area contributed by atoms with Crippen LogP contribution >= 0.6 is 0 Å². The van der Waals surface area contributed by atoms with Crippen molar-refractivity contribution in [2.45, 2.75) is 77.4 Å². The molecule has 2 aromatic rings. The van der Waals surface area contributed by atoms with Gasteiger partial charge < -0.3 is 25.3 Å². The van der Waals surface area contributed by atoms with Crippen LogP contribution in [0.3, 0.4) is 0 Å². The van der Waals surface area contributed by atoms with E-state index in [1.165, 1.54) is 5.56 Å². The third-order valence-electron chi connectivity index (χ3n) is 6.72. The maximum absolute atomic E-state index is 11.7. The number of hydrogen-bond donors (Lipinski definition) is 4. The second-order valence-electron chi connectivity index (χ2n) is 10.6. The molecule has 0 fully saturated rings. The number of aromatic hydroxyl groups is 1. The molecule has 4 N–H and O–H groups in total. The van der Waals surface area contributed by atoms with E-state index in [0.717, 1.165) is 17.5 Å². The minimum absolute atomic E-state index is 0.00471. The highest BCUT2D eigenvalue weighted by molar-refractivity contribution is 6.74. The zero-order valence-electron chi connectivity index (χ0n) is 21.7. The maximum Gasteiger partial charge on any atom is 0.224 e. The van der Waals surface area contributed by atoms with Crippen molar-refractivity contribution in [3.05, 3.63) is 64.7 Å². The van der Waals surface area contributed by atoms with E-state index < -0.39 is 8.32 Å². The Morgan fingerprint density at radius 2 is 1.79 bits per heavy atom. The van der Waals surface area contributed by atoms with Gasteiger partial charge in [-0.2, -0.15) is 0 Å². The average Bonchev–Trinajstić information content (AvgIpc) is 2.76. The molecule has 0 saturated carbocycles. The van der Waals surface area contributed by atoms with Gasteiger partial charge in [-0.25, -0.2) is 0 Å². The molecule has 0 radical (unpaired) electrons. The quantitative estimate of drug-likeness (QED) is 0.352.